The summed E-state index contributed by atoms with van der Waals surface area (Å²) in [5.41, 5.74) is 7.45. The van der Waals surface area contributed by atoms with E-state index in [0.29, 0.717) is 11.7 Å². The summed E-state index contributed by atoms with van der Waals surface area (Å²) in [4.78, 5) is 12.5. The van der Waals surface area contributed by atoms with Gasteiger partial charge >= 0.3 is 0 Å². The molecular formula is C12H16ClN5O. The van der Waals surface area contributed by atoms with E-state index in [1.54, 1.807) is 6.20 Å². The first-order valence-electron chi connectivity index (χ1n) is 6.09. The molecule has 19 heavy (non-hydrogen) atoms. The Bertz CT molecular complexity index is 565. The fourth-order valence-corrected chi connectivity index (χ4v) is 2.37. The maximum Gasteiger partial charge on any atom is 0.261 e. The van der Waals surface area contributed by atoms with Gasteiger partial charge in [-0.1, -0.05) is 18.0 Å². The van der Waals surface area contributed by atoms with E-state index in [4.69, 9.17) is 10.3 Å². The van der Waals surface area contributed by atoms with Crippen molar-refractivity contribution in [2.24, 2.45) is 5.73 Å². The molecule has 2 N–H and O–H groups in total. The van der Waals surface area contributed by atoms with Crippen molar-refractivity contribution in [1.82, 2.24) is 20.1 Å². The molecule has 1 aliphatic rings. The van der Waals surface area contributed by atoms with Gasteiger partial charge in [0.1, 0.15) is 6.33 Å². The zero-order valence-electron chi connectivity index (χ0n) is 10.7. The number of halogens is 1. The third-order valence-corrected chi connectivity index (χ3v) is 3.51. The van der Waals surface area contributed by atoms with Crippen LogP contribution in [0.5, 0.6) is 0 Å². The van der Waals surface area contributed by atoms with Crippen molar-refractivity contribution in [1.29, 1.82) is 0 Å². The molecule has 0 unspecified atom stereocenters. The zero-order valence-corrected chi connectivity index (χ0v) is 11.5. The minimum Gasteiger partial charge on any atom is -0.334 e. The van der Waals surface area contributed by atoms with E-state index in [2.05, 4.69) is 20.1 Å². The minimum atomic E-state index is -0.425. The monoisotopic (exact) mass is 281 g/mol. The average Bonchev–Trinajstić information content (AvgIpc) is 2.99. The molecular weight excluding hydrogens is 266 g/mol. The number of hydrogen-bond donors (Lipinski definition) is 1. The minimum absolute atomic E-state index is 0. The molecule has 3 rings (SSSR count). The fraction of sp³-hybridized carbons (Fsp3) is 0.500. The van der Waals surface area contributed by atoms with Crippen molar-refractivity contribution in [2.75, 3.05) is 0 Å². The quantitative estimate of drug-likeness (QED) is 0.905. The van der Waals surface area contributed by atoms with Crippen molar-refractivity contribution < 1.29 is 4.52 Å². The molecule has 2 aromatic heterocycles. The Labute approximate surface area is 117 Å². The van der Waals surface area contributed by atoms with E-state index >= 15 is 0 Å². The molecule has 1 aliphatic carbocycles. The predicted molar refractivity (Wildman–Crippen MR) is 71.6 cm³/mol. The van der Waals surface area contributed by atoms with Crippen molar-refractivity contribution in [2.45, 2.75) is 38.1 Å². The molecule has 0 bridgehead atoms. The van der Waals surface area contributed by atoms with Crippen LogP contribution < -0.4 is 5.73 Å². The van der Waals surface area contributed by atoms with Crippen LogP contribution >= 0.6 is 12.4 Å². The standard InChI is InChI=1S/C12H15N5O.ClH/c1-8-9(6-14-7-15-8)10-16-11(17-18-10)12(13)4-2-3-5-12;/h6-7H,2-5,13H2,1H3;1H. The summed E-state index contributed by atoms with van der Waals surface area (Å²) in [5, 5.41) is 4.02. The van der Waals surface area contributed by atoms with E-state index < -0.39 is 5.54 Å². The smallest absolute Gasteiger partial charge is 0.261 e. The highest BCUT2D eigenvalue weighted by Crippen LogP contribution is 2.35. The normalized spacial score (nSPS) is 17.2. The lowest BCUT2D eigenvalue weighted by Gasteiger charge is -2.17. The predicted octanol–water partition coefficient (Wildman–Crippen LogP) is 1.98. The molecule has 0 atom stereocenters. The SMILES string of the molecule is Cc1ncncc1-c1nc(C2(N)CCCC2)no1.Cl. The van der Waals surface area contributed by atoms with Gasteiger partial charge in [0.05, 0.1) is 16.8 Å². The molecule has 7 heteroatoms. The van der Waals surface area contributed by atoms with Crippen LogP contribution in [0.25, 0.3) is 11.5 Å². The summed E-state index contributed by atoms with van der Waals surface area (Å²) in [6.45, 7) is 1.88. The molecule has 6 nitrogen and oxygen atoms in total. The van der Waals surface area contributed by atoms with Gasteiger partial charge in [-0.2, -0.15) is 4.98 Å². The molecule has 0 aromatic carbocycles. The Morgan fingerprint density at radius 1 is 1.32 bits per heavy atom. The summed E-state index contributed by atoms with van der Waals surface area (Å²) in [6, 6.07) is 0. The summed E-state index contributed by atoms with van der Waals surface area (Å²) in [7, 11) is 0. The van der Waals surface area contributed by atoms with Crippen LogP contribution in [0.1, 0.15) is 37.2 Å². The van der Waals surface area contributed by atoms with E-state index in [-0.39, 0.29) is 12.4 Å². The summed E-state index contributed by atoms with van der Waals surface area (Å²) < 4.78 is 5.29. The first-order chi connectivity index (χ1) is 8.69. The van der Waals surface area contributed by atoms with Crippen LogP contribution in [0.4, 0.5) is 0 Å². The van der Waals surface area contributed by atoms with Gasteiger partial charge in [-0.25, -0.2) is 9.97 Å². The molecule has 0 amide bonds. The van der Waals surface area contributed by atoms with Crippen molar-refractivity contribution in [3.05, 3.63) is 24.0 Å². The van der Waals surface area contributed by atoms with Crippen LogP contribution in [0, 0.1) is 6.92 Å². The molecule has 0 saturated heterocycles. The Morgan fingerprint density at radius 3 is 2.74 bits per heavy atom. The Morgan fingerprint density at radius 2 is 2.05 bits per heavy atom. The second kappa shape index (κ2) is 5.22. The van der Waals surface area contributed by atoms with Gasteiger partial charge in [-0.05, 0) is 19.8 Å². The first-order valence-corrected chi connectivity index (χ1v) is 6.09. The van der Waals surface area contributed by atoms with Crippen LogP contribution in [0.15, 0.2) is 17.0 Å². The Hall–Kier alpha value is -1.53. The average molecular weight is 282 g/mol. The maximum atomic E-state index is 6.29. The third kappa shape index (κ3) is 2.46. The second-order valence-electron chi connectivity index (χ2n) is 4.81. The number of aryl methyl sites for hydroxylation is 1. The molecule has 1 fully saturated rings. The summed E-state index contributed by atoms with van der Waals surface area (Å²) >= 11 is 0. The number of nitrogens with zero attached hydrogens (tertiary/aromatic N) is 4. The molecule has 0 radical (unpaired) electrons. The van der Waals surface area contributed by atoms with Gasteiger partial charge in [0.15, 0.2) is 5.82 Å². The largest absolute Gasteiger partial charge is 0.334 e. The van der Waals surface area contributed by atoms with Crippen molar-refractivity contribution in [3.63, 3.8) is 0 Å². The lowest BCUT2D eigenvalue weighted by molar-refractivity contribution is 0.372. The molecule has 102 valence electrons. The van der Waals surface area contributed by atoms with Crippen LogP contribution in [-0.4, -0.2) is 20.1 Å². The van der Waals surface area contributed by atoms with Crippen LogP contribution in [-0.2, 0) is 5.54 Å². The van der Waals surface area contributed by atoms with Gasteiger partial charge in [-0.3, -0.25) is 0 Å². The topological polar surface area (TPSA) is 90.7 Å². The Kier molecular flexibility index (Phi) is 3.82. The highest BCUT2D eigenvalue weighted by molar-refractivity contribution is 5.85. The summed E-state index contributed by atoms with van der Waals surface area (Å²) in [6.07, 6.45) is 7.24. The maximum absolute atomic E-state index is 6.29. The second-order valence-corrected chi connectivity index (χ2v) is 4.81. The number of nitrogens with two attached hydrogens (primary N) is 1. The third-order valence-electron chi connectivity index (χ3n) is 3.51. The van der Waals surface area contributed by atoms with E-state index in [1.165, 1.54) is 6.33 Å². The van der Waals surface area contributed by atoms with Gasteiger partial charge in [0.25, 0.3) is 5.89 Å². The van der Waals surface area contributed by atoms with E-state index in [1.807, 2.05) is 6.92 Å². The van der Waals surface area contributed by atoms with E-state index in [9.17, 15) is 0 Å². The summed E-state index contributed by atoms with van der Waals surface area (Å²) in [5.74, 6) is 1.04. The van der Waals surface area contributed by atoms with Gasteiger partial charge in [0.2, 0.25) is 0 Å². The highest BCUT2D eigenvalue weighted by Gasteiger charge is 2.36. The molecule has 0 spiro atoms. The zero-order chi connectivity index (χ0) is 12.6. The number of aromatic nitrogens is 4. The highest BCUT2D eigenvalue weighted by atomic mass is 35.5. The lowest BCUT2D eigenvalue weighted by atomic mass is 9.99. The van der Waals surface area contributed by atoms with Gasteiger partial charge < -0.3 is 10.3 Å². The van der Waals surface area contributed by atoms with Gasteiger partial charge in [0, 0.05) is 6.20 Å². The number of hydrogen-bond acceptors (Lipinski definition) is 6. The molecule has 2 heterocycles. The van der Waals surface area contributed by atoms with Crippen molar-refractivity contribution in [3.8, 4) is 11.5 Å². The van der Waals surface area contributed by atoms with Crippen LogP contribution in [0.2, 0.25) is 0 Å². The lowest BCUT2D eigenvalue weighted by Crippen LogP contribution is -2.34. The molecule has 0 aliphatic heterocycles. The fourth-order valence-electron chi connectivity index (χ4n) is 2.37. The molecule has 1 saturated carbocycles. The first kappa shape index (κ1) is 13.9. The van der Waals surface area contributed by atoms with Crippen molar-refractivity contribution >= 4 is 12.4 Å². The number of rotatable bonds is 2. The Balaban J connectivity index is 0.00000133. The van der Waals surface area contributed by atoms with Crippen LogP contribution in [0.3, 0.4) is 0 Å². The van der Waals surface area contributed by atoms with E-state index in [0.717, 1.165) is 36.9 Å². The van der Waals surface area contributed by atoms with Gasteiger partial charge in [-0.15, -0.1) is 12.4 Å². The molecule has 2 aromatic rings.